The number of hydrogen-bond acceptors (Lipinski definition) is 4. The molecule has 0 aromatic heterocycles. The van der Waals surface area contributed by atoms with E-state index in [1.54, 1.807) is 6.92 Å². The van der Waals surface area contributed by atoms with Crippen molar-refractivity contribution in [2.45, 2.75) is 20.0 Å². The molecule has 6 heteroatoms. The van der Waals surface area contributed by atoms with Crippen molar-refractivity contribution in [2.75, 3.05) is 13.1 Å². The zero-order valence-corrected chi connectivity index (χ0v) is 7.39. The first-order valence-electron chi connectivity index (χ1n) is 3.32. The van der Waals surface area contributed by atoms with Gasteiger partial charge in [0.15, 0.2) is 0 Å². The molecule has 0 heterocycles. The van der Waals surface area contributed by atoms with Gasteiger partial charge in [-0.3, -0.25) is 4.55 Å². The van der Waals surface area contributed by atoms with E-state index in [2.05, 4.69) is 9.50 Å². The maximum Gasteiger partial charge on any atom is 0.397 e. The van der Waals surface area contributed by atoms with Crippen molar-refractivity contribution in [3.63, 3.8) is 0 Å². The van der Waals surface area contributed by atoms with Crippen LogP contribution in [0.15, 0.2) is 0 Å². The maximum absolute atomic E-state index is 10.1. The third-order valence-electron chi connectivity index (χ3n) is 0.968. The Morgan fingerprint density at radius 1 is 1.64 bits per heavy atom. The Morgan fingerprint density at radius 2 is 2.18 bits per heavy atom. The van der Waals surface area contributed by atoms with Crippen LogP contribution in [0.4, 0.5) is 0 Å². The lowest BCUT2D eigenvalue weighted by molar-refractivity contribution is 0.195. The summed E-state index contributed by atoms with van der Waals surface area (Å²) in [7, 11) is -4.29. The van der Waals surface area contributed by atoms with Crippen LogP contribution in [-0.2, 0) is 14.6 Å². The minimum atomic E-state index is -4.29. The van der Waals surface area contributed by atoms with Crippen molar-refractivity contribution in [3.8, 4) is 0 Å². The molecule has 0 amide bonds. The molecule has 68 valence electrons. The molecule has 0 fully saturated rings. The first-order chi connectivity index (χ1) is 4.95. The highest BCUT2D eigenvalue weighted by Gasteiger charge is 2.10. The van der Waals surface area contributed by atoms with E-state index in [-0.39, 0.29) is 0 Å². The van der Waals surface area contributed by atoms with E-state index < -0.39 is 16.5 Å². The second-order valence-electron chi connectivity index (χ2n) is 2.14. The molecule has 0 aromatic rings. The summed E-state index contributed by atoms with van der Waals surface area (Å²) < 4.78 is 32.6. The predicted molar refractivity (Wildman–Crippen MR) is 40.6 cm³/mol. The van der Waals surface area contributed by atoms with E-state index in [0.717, 1.165) is 6.54 Å². The molecule has 0 spiro atoms. The molecular formula is C5H13NO4S. The minimum absolute atomic E-state index is 0.399. The summed E-state index contributed by atoms with van der Waals surface area (Å²) in [5.41, 5.74) is 0. The summed E-state index contributed by atoms with van der Waals surface area (Å²) in [6, 6.07) is 0. The van der Waals surface area contributed by atoms with Gasteiger partial charge in [-0.2, -0.15) is 8.42 Å². The van der Waals surface area contributed by atoms with Crippen molar-refractivity contribution in [2.24, 2.45) is 0 Å². The summed E-state index contributed by atoms with van der Waals surface area (Å²) >= 11 is 0. The van der Waals surface area contributed by atoms with Gasteiger partial charge in [0.05, 0.1) is 6.10 Å². The van der Waals surface area contributed by atoms with E-state index in [4.69, 9.17) is 4.55 Å². The van der Waals surface area contributed by atoms with Crippen LogP contribution in [0.2, 0.25) is 0 Å². The molecule has 1 unspecified atom stereocenters. The average molecular weight is 183 g/mol. The molecule has 0 saturated carbocycles. The highest BCUT2D eigenvalue weighted by atomic mass is 32.3. The molecule has 1 atom stereocenters. The van der Waals surface area contributed by atoms with Gasteiger partial charge in [-0.25, -0.2) is 4.18 Å². The van der Waals surface area contributed by atoms with Crippen LogP contribution in [0.1, 0.15) is 13.8 Å². The zero-order chi connectivity index (χ0) is 8.91. The highest BCUT2D eigenvalue weighted by Crippen LogP contribution is 1.94. The van der Waals surface area contributed by atoms with E-state index in [1.807, 2.05) is 6.92 Å². The number of nitrogens with one attached hydrogen (secondary N) is 1. The lowest BCUT2D eigenvalue weighted by Gasteiger charge is -2.09. The first kappa shape index (κ1) is 10.8. The molecule has 0 bridgehead atoms. The van der Waals surface area contributed by atoms with Crippen LogP contribution in [-0.4, -0.2) is 32.2 Å². The van der Waals surface area contributed by atoms with Gasteiger partial charge in [0.2, 0.25) is 0 Å². The van der Waals surface area contributed by atoms with Crippen molar-refractivity contribution in [3.05, 3.63) is 0 Å². The molecule has 0 aliphatic rings. The Bertz CT molecular complexity index is 189. The van der Waals surface area contributed by atoms with Crippen molar-refractivity contribution in [1.29, 1.82) is 0 Å². The third kappa shape index (κ3) is 7.73. The molecule has 0 aliphatic heterocycles. The van der Waals surface area contributed by atoms with E-state index >= 15 is 0 Å². The third-order valence-corrected chi connectivity index (χ3v) is 1.54. The molecule has 5 nitrogen and oxygen atoms in total. The second-order valence-corrected chi connectivity index (χ2v) is 3.19. The second kappa shape index (κ2) is 4.66. The smallest absolute Gasteiger partial charge is 0.314 e. The summed E-state index contributed by atoms with van der Waals surface area (Å²) in [5, 5.41) is 2.87. The Hall–Kier alpha value is -0.170. The van der Waals surface area contributed by atoms with Gasteiger partial charge < -0.3 is 5.32 Å². The summed E-state index contributed by atoms with van der Waals surface area (Å²) in [6.07, 6.45) is -0.537. The van der Waals surface area contributed by atoms with Gasteiger partial charge in [-0.05, 0) is 13.5 Å². The highest BCUT2D eigenvalue weighted by molar-refractivity contribution is 7.80. The summed E-state index contributed by atoms with van der Waals surface area (Å²) in [5.74, 6) is 0. The lowest BCUT2D eigenvalue weighted by atomic mass is 10.4. The fourth-order valence-corrected chi connectivity index (χ4v) is 1.07. The van der Waals surface area contributed by atoms with Gasteiger partial charge >= 0.3 is 10.4 Å². The molecule has 2 N–H and O–H groups in total. The predicted octanol–water partition coefficient (Wildman–Crippen LogP) is -0.196. The average Bonchev–Trinajstić information content (AvgIpc) is 1.79. The lowest BCUT2D eigenvalue weighted by Crippen LogP contribution is -2.28. The van der Waals surface area contributed by atoms with Crippen LogP contribution in [0.5, 0.6) is 0 Å². The number of hydrogen-bond donors (Lipinski definition) is 2. The van der Waals surface area contributed by atoms with Crippen molar-refractivity contribution in [1.82, 2.24) is 5.32 Å². The Kier molecular flexibility index (Phi) is 4.58. The van der Waals surface area contributed by atoms with Gasteiger partial charge in [0.1, 0.15) is 0 Å². The Morgan fingerprint density at radius 3 is 2.55 bits per heavy atom. The SMILES string of the molecule is CCNCC(C)OS(=O)(=O)O. The normalized spacial score (nSPS) is 14.8. The van der Waals surface area contributed by atoms with Gasteiger partial charge in [0.25, 0.3) is 0 Å². The van der Waals surface area contributed by atoms with Crippen LogP contribution in [0.3, 0.4) is 0 Å². The Balaban J connectivity index is 3.61. The molecule has 11 heavy (non-hydrogen) atoms. The molecule has 0 aliphatic carbocycles. The van der Waals surface area contributed by atoms with E-state index in [1.165, 1.54) is 0 Å². The standard InChI is InChI=1S/C5H13NO4S/c1-3-6-4-5(2)10-11(7,8)9/h5-6H,3-4H2,1-2H3,(H,7,8,9). The van der Waals surface area contributed by atoms with E-state index in [9.17, 15) is 8.42 Å². The van der Waals surface area contributed by atoms with Crippen molar-refractivity contribution < 1.29 is 17.2 Å². The maximum atomic E-state index is 10.1. The van der Waals surface area contributed by atoms with Crippen molar-refractivity contribution >= 4 is 10.4 Å². The van der Waals surface area contributed by atoms with Crippen LogP contribution in [0, 0.1) is 0 Å². The fourth-order valence-electron chi connectivity index (χ4n) is 0.589. The van der Waals surface area contributed by atoms with E-state index in [0.29, 0.717) is 6.54 Å². The van der Waals surface area contributed by atoms with Gasteiger partial charge in [-0.15, -0.1) is 0 Å². The number of likely N-dealkylation sites (N-methyl/N-ethyl adjacent to an activating group) is 1. The summed E-state index contributed by atoms with van der Waals surface area (Å²) in [6.45, 7) is 4.58. The van der Waals surface area contributed by atoms with Gasteiger partial charge in [0, 0.05) is 6.54 Å². The van der Waals surface area contributed by atoms with Crippen LogP contribution >= 0.6 is 0 Å². The molecule has 0 rings (SSSR count). The Labute approximate surface area is 66.7 Å². The molecule has 0 aromatic carbocycles. The summed E-state index contributed by atoms with van der Waals surface area (Å²) in [4.78, 5) is 0. The molecule has 0 saturated heterocycles. The number of rotatable bonds is 5. The zero-order valence-electron chi connectivity index (χ0n) is 6.57. The monoisotopic (exact) mass is 183 g/mol. The minimum Gasteiger partial charge on any atom is -0.314 e. The van der Waals surface area contributed by atoms with Gasteiger partial charge in [-0.1, -0.05) is 6.92 Å². The molecular weight excluding hydrogens is 170 g/mol. The molecule has 0 radical (unpaired) electrons. The fraction of sp³-hybridized carbons (Fsp3) is 1.00. The van der Waals surface area contributed by atoms with Crippen LogP contribution < -0.4 is 5.32 Å². The first-order valence-corrected chi connectivity index (χ1v) is 4.68. The topological polar surface area (TPSA) is 75.6 Å². The van der Waals surface area contributed by atoms with Crippen LogP contribution in [0.25, 0.3) is 0 Å². The quantitative estimate of drug-likeness (QED) is 0.577. The largest absolute Gasteiger partial charge is 0.397 e.